The topological polar surface area (TPSA) is 26.3 Å². The molecule has 0 bridgehead atoms. The molecule has 0 heterocycles. The Hall–Kier alpha value is -0.830. The van der Waals surface area contributed by atoms with Gasteiger partial charge < -0.3 is 4.74 Å². The predicted octanol–water partition coefficient (Wildman–Crippen LogP) is 3.12. The molecule has 76 valence electrons. The molecule has 0 saturated carbocycles. The molecular formula is C11H13BrO2. The molecule has 0 saturated heterocycles. The van der Waals surface area contributed by atoms with Gasteiger partial charge in [-0.2, -0.15) is 0 Å². The minimum Gasteiger partial charge on any atom is -0.469 e. The van der Waals surface area contributed by atoms with Crippen molar-refractivity contribution in [1.82, 2.24) is 0 Å². The monoisotopic (exact) mass is 256 g/mol. The highest BCUT2D eigenvalue weighted by atomic mass is 79.9. The first-order valence-corrected chi connectivity index (χ1v) is 5.31. The summed E-state index contributed by atoms with van der Waals surface area (Å²) in [6, 6.07) is 7.74. The third kappa shape index (κ3) is 2.58. The van der Waals surface area contributed by atoms with Gasteiger partial charge in [-0.15, -0.1) is 0 Å². The second-order valence-electron chi connectivity index (χ2n) is 3.04. The van der Waals surface area contributed by atoms with Crippen molar-refractivity contribution in [2.45, 2.75) is 19.3 Å². The number of ether oxygens (including phenoxy) is 1. The van der Waals surface area contributed by atoms with E-state index in [1.165, 1.54) is 7.11 Å². The number of benzene rings is 1. The number of hydrogen-bond acceptors (Lipinski definition) is 2. The van der Waals surface area contributed by atoms with Gasteiger partial charge in [-0.25, -0.2) is 0 Å². The first-order chi connectivity index (χ1) is 6.69. The van der Waals surface area contributed by atoms with E-state index in [0.29, 0.717) is 0 Å². The maximum Gasteiger partial charge on any atom is 0.313 e. The van der Waals surface area contributed by atoms with Crippen molar-refractivity contribution >= 4 is 21.9 Å². The summed E-state index contributed by atoms with van der Waals surface area (Å²) in [5.74, 6) is -0.317. The molecule has 0 aliphatic heterocycles. The summed E-state index contributed by atoms with van der Waals surface area (Å²) in [5.41, 5.74) is 1.00. The van der Waals surface area contributed by atoms with E-state index in [9.17, 15) is 4.79 Å². The summed E-state index contributed by atoms with van der Waals surface area (Å²) < 4.78 is 5.75. The molecule has 0 aliphatic carbocycles. The first-order valence-electron chi connectivity index (χ1n) is 4.52. The molecule has 1 aromatic carbocycles. The fourth-order valence-corrected chi connectivity index (χ4v) is 1.64. The Bertz CT molecular complexity index is 306. The minimum absolute atomic E-state index is 0.145. The summed E-state index contributed by atoms with van der Waals surface area (Å²) in [6.45, 7) is 1.98. The van der Waals surface area contributed by atoms with Crippen LogP contribution in [0.15, 0.2) is 28.7 Å². The van der Waals surface area contributed by atoms with Crippen molar-refractivity contribution in [2.75, 3.05) is 7.11 Å². The Morgan fingerprint density at radius 1 is 1.43 bits per heavy atom. The van der Waals surface area contributed by atoms with E-state index in [-0.39, 0.29) is 11.9 Å². The van der Waals surface area contributed by atoms with Gasteiger partial charge in [0.1, 0.15) is 0 Å². The molecule has 0 aliphatic rings. The van der Waals surface area contributed by atoms with Gasteiger partial charge in [0.15, 0.2) is 0 Å². The number of rotatable bonds is 3. The van der Waals surface area contributed by atoms with E-state index in [0.717, 1.165) is 16.5 Å². The lowest BCUT2D eigenvalue weighted by Crippen LogP contribution is -2.13. The smallest absolute Gasteiger partial charge is 0.313 e. The maximum atomic E-state index is 11.4. The zero-order valence-electron chi connectivity index (χ0n) is 8.29. The van der Waals surface area contributed by atoms with Crippen LogP contribution < -0.4 is 0 Å². The first kappa shape index (κ1) is 11.2. The molecule has 0 spiro atoms. The molecule has 0 aromatic heterocycles. The van der Waals surface area contributed by atoms with Crippen LogP contribution in [0, 0.1) is 0 Å². The van der Waals surface area contributed by atoms with Gasteiger partial charge >= 0.3 is 5.97 Å². The summed E-state index contributed by atoms with van der Waals surface area (Å²) in [4.78, 5) is 11.4. The van der Waals surface area contributed by atoms with Crippen molar-refractivity contribution in [2.24, 2.45) is 0 Å². The van der Waals surface area contributed by atoms with Gasteiger partial charge in [0.2, 0.25) is 0 Å². The van der Waals surface area contributed by atoms with Crippen molar-refractivity contribution in [3.05, 3.63) is 34.3 Å². The van der Waals surface area contributed by atoms with Crippen LogP contribution in [0.25, 0.3) is 0 Å². The van der Waals surface area contributed by atoms with Crippen LogP contribution >= 0.6 is 15.9 Å². The van der Waals surface area contributed by atoms with Gasteiger partial charge in [0.25, 0.3) is 0 Å². The number of halogens is 1. The van der Waals surface area contributed by atoms with Gasteiger partial charge in [-0.3, -0.25) is 4.79 Å². The van der Waals surface area contributed by atoms with Crippen LogP contribution in [0.3, 0.4) is 0 Å². The lowest BCUT2D eigenvalue weighted by molar-refractivity contribution is -0.142. The van der Waals surface area contributed by atoms with E-state index in [2.05, 4.69) is 15.9 Å². The highest BCUT2D eigenvalue weighted by molar-refractivity contribution is 9.10. The van der Waals surface area contributed by atoms with E-state index in [1.54, 1.807) is 0 Å². The summed E-state index contributed by atoms with van der Waals surface area (Å²) in [5, 5.41) is 0. The van der Waals surface area contributed by atoms with Crippen LogP contribution in [0.4, 0.5) is 0 Å². The van der Waals surface area contributed by atoms with E-state index in [4.69, 9.17) is 4.74 Å². The fourth-order valence-electron chi connectivity index (χ4n) is 1.38. The van der Waals surface area contributed by atoms with Crippen LogP contribution in [-0.2, 0) is 9.53 Å². The summed E-state index contributed by atoms with van der Waals surface area (Å²) >= 11 is 3.35. The number of methoxy groups -OCH3 is 1. The van der Waals surface area contributed by atoms with Crippen LogP contribution in [0.1, 0.15) is 24.8 Å². The predicted molar refractivity (Wildman–Crippen MR) is 59.2 cm³/mol. The standard InChI is InChI=1S/C11H13BrO2/c1-3-10(11(13)14-2)8-4-6-9(12)7-5-8/h4-7,10H,3H2,1-2H3/t10-/m0/s1. The quantitative estimate of drug-likeness (QED) is 0.777. The van der Waals surface area contributed by atoms with Crippen LogP contribution in [-0.4, -0.2) is 13.1 Å². The van der Waals surface area contributed by atoms with Gasteiger partial charge in [0, 0.05) is 4.47 Å². The molecular weight excluding hydrogens is 244 g/mol. The third-order valence-electron chi connectivity index (χ3n) is 2.17. The van der Waals surface area contributed by atoms with Gasteiger partial charge in [-0.05, 0) is 24.1 Å². The highest BCUT2D eigenvalue weighted by Gasteiger charge is 2.18. The molecule has 1 rings (SSSR count). The zero-order chi connectivity index (χ0) is 10.6. The second kappa shape index (κ2) is 5.15. The van der Waals surface area contributed by atoms with Crippen LogP contribution in [0.5, 0.6) is 0 Å². The average molecular weight is 257 g/mol. The molecule has 0 unspecified atom stereocenters. The Morgan fingerprint density at radius 3 is 2.43 bits per heavy atom. The Morgan fingerprint density at radius 2 is 2.00 bits per heavy atom. The number of esters is 1. The molecule has 14 heavy (non-hydrogen) atoms. The molecule has 2 nitrogen and oxygen atoms in total. The summed E-state index contributed by atoms with van der Waals surface area (Å²) in [7, 11) is 1.42. The molecule has 3 heteroatoms. The SMILES string of the molecule is CC[C@H](C(=O)OC)c1ccc(Br)cc1. The lowest BCUT2D eigenvalue weighted by atomic mass is 9.97. The fraction of sp³-hybridized carbons (Fsp3) is 0.364. The number of hydrogen-bond donors (Lipinski definition) is 0. The van der Waals surface area contributed by atoms with E-state index < -0.39 is 0 Å². The van der Waals surface area contributed by atoms with Gasteiger partial charge in [-0.1, -0.05) is 35.0 Å². The van der Waals surface area contributed by atoms with Gasteiger partial charge in [0.05, 0.1) is 13.0 Å². The maximum absolute atomic E-state index is 11.4. The highest BCUT2D eigenvalue weighted by Crippen LogP contribution is 2.22. The Kier molecular flexibility index (Phi) is 4.14. The molecule has 0 amide bonds. The Labute approximate surface area is 92.4 Å². The largest absolute Gasteiger partial charge is 0.469 e. The third-order valence-corrected chi connectivity index (χ3v) is 2.69. The van der Waals surface area contributed by atoms with Crippen molar-refractivity contribution in [3.8, 4) is 0 Å². The van der Waals surface area contributed by atoms with Crippen molar-refractivity contribution in [1.29, 1.82) is 0 Å². The number of carbonyl (C=O) groups excluding carboxylic acids is 1. The lowest BCUT2D eigenvalue weighted by Gasteiger charge is -2.12. The number of carbonyl (C=O) groups is 1. The minimum atomic E-state index is -0.171. The van der Waals surface area contributed by atoms with Crippen molar-refractivity contribution < 1.29 is 9.53 Å². The van der Waals surface area contributed by atoms with Crippen LogP contribution in [0.2, 0.25) is 0 Å². The molecule has 0 N–H and O–H groups in total. The molecule has 0 radical (unpaired) electrons. The normalized spacial score (nSPS) is 12.2. The van der Waals surface area contributed by atoms with Crippen molar-refractivity contribution in [3.63, 3.8) is 0 Å². The molecule has 0 fully saturated rings. The van der Waals surface area contributed by atoms with E-state index in [1.807, 2.05) is 31.2 Å². The molecule has 1 aromatic rings. The Balaban J connectivity index is 2.89. The molecule has 1 atom stereocenters. The summed E-state index contributed by atoms with van der Waals surface area (Å²) in [6.07, 6.45) is 0.758. The van der Waals surface area contributed by atoms with E-state index >= 15 is 0 Å². The second-order valence-corrected chi connectivity index (χ2v) is 3.95. The zero-order valence-corrected chi connectivity index (χ0v) is 9.87. The average Bonchev–Trinajstić information content (AvgIpc) is 2.21.